The number of amides is 2. The van der Waals surface area contributed by atoms with Crippen molar-refractivity contribution in [3.05, 3.63) is 68.0 Å². The highest BCUT2D eigenvalue weighted by Crippen LogP contribution is 2.40. The number of hydrogen-bond donors (Lipinski definition) is 0. The van der Waals surface area contributed by atoms with Crippen molar-refractivity contribution < 1.29 is 19.2 Å². The standard InChI is InChI=1S/C18H17N3O5S/c1-11-15(17(22)26-3)16(14-8-5-9-27-14)19(2)18(23)20(11)12-6-4-7-13(10-12)21(24)25/h4-10,16H,1-3H3/t16-/m1/s1. The van der Waals surface area contributed by atoms with Crippen molar-refractivity contribution in [2.24, 2.45) is 0 Å². The number of esters is 1. The van der Waals surface area contributed by atoms with Gasteiger partial charge in [0, 0.05) is 29.8 Å². The number of urea groups is 1. The molecule has 0 saturated carbocycles. The molecule has 2 amide bonds. The van der Waals surface area contributed by atoms with Crippen molar-refractivity contribution in [1.29, 1.82) is 0 Å². The molecule has 140 valence electrons. The summed E-state index contributed by atoms with van der Waals surface area (Å²) in [7, 11) is 2.87. The molecule has 0 aliphatic carbocycles. The van der Waals surface area contributed by atoms with Gasteiger partial charge >= 0.3 is 12.0 Å². The van der Waals surface area contributed by atoms with Gasteiger partial charge in [-0.1, -0.05) is 12.1 Å². The summed E-state index contributed by atoms with van der Waals surface area (Å²) in [4.78, 5) is 39.7. The number of ether oxygens (including phenoxy) is 1. The summed E-state index contributed by atoms with van der Waals surface area (Å²) in [5.74, 6) is -0.555. The molecule has 3 rings (SSSR count). The van der Waals surface area contributed by atoms with Gasteiger partial charge in [-0.05, 0) is 24.4 Å². The molecule has 27 heavy (non-hydrogen) atoms. The van der Waals surface area contributed by atoms with Gasteiger partial charge in [-0.2, -0.15) is 0 Å². The fourth-order valence-corrected chi connectivity index (χ4v) is 4.00. The van der Waals surface area contributed by atoms with E-state index in [1.165, 1.54) is 46.4 Å². The number of carbonyl (C=O) groups is 2. The number of allylic oxidation sites excluding steroid dienone is 1. The van der Waals surface area contributed by atoms with Crippen LogP contribution in [0, 0.1) is 10.1 Å². The first-order valence-corrected chi connectivity index (χ1v) is 8.88. The van der Waals surface area contributed by atoms with Gasteiger partial charge in [0.2, 0.25) is 0 Å². The lowest BCUT2D eigenvalue weighted by atomic mass is 9.98. The highest BCUT2D eigenvalue weighted by atomic mass is 32.1. The van der Waals surface area contributed by atoms with Crippen molar-refractivity contribution >= 4 is 34.7 Å². The first-order chi connectivity index (χ1) is 12.9. The van der Waals surface area contributed by atoms with Gasteiger partial charge < -0.3 is 9.64 Å². The van der Waals surface area contributed by atoms with Gasteiger partial charge in [0.05, 0.1) is 23.3 Å². The van der Waals surface area contributed by atoms with Gasteiger partial charge in [0.15, 0.2) is 0 Å². The van der Waals surface area contributed by atoms with E-state index < -0.39 is 16.9 Å². The van der Waals surface area contributed by atoms with E-state index in [0.29, 0.717) is 17.0 Å². The molecule has 9 heteroatoms. The van der Waals surface area contributed by atoms with Crippen LogP contribution in [-0.4, -0.2) is 36.0 Å². The van der Waals surface area contributed by atoms with Crippen LogP contribution in [0.15, 0.2) is 53.0 Å². The van der Waals surface area contributed by atoms with Crippen LogP contribution >= 0.6 is 11.3 Å². The molecule has 2 heterocycles. The summed E-state index contributed by atoms with van der Waals surface area (Å²) in [6, 6.07) is 8.44. The number of nitrogens with zero attached hydrogens (tertiary/aromatic N) is 3. The highest BCUT2D eigenvalue weighted by Gasteiger charge is 2.41. The maximum atomic E-state index is 13.1. The predicted octanol–water partition coefficient (Wildman–Crippen LogP) is 3.72. The van der Waals surface area contributed by atoms with E-state index in [1.807, 2.05) is 17.5 Å². The summed E-state index contributed by atoms with van der Waals surface area (Å²) in [6.07, 6.45) is 0. The van der Waals surface area contributed by atoms with Crippen molar-refractivity contribution in [3.8, 4) is 0 Å². The summed E-state index contributed by atoms with van der Waals surface area (Å²) < 4.78 is 4.95. The van der Waals surface area contributed by atoms with E-state index >= 15 is 0 Å². The van der Waals surface area contributed by atoms with E-state index in [4.69, 9.17) is 4.74 Å². The number of methoxy groups -OCH3 is 1. The summed E-state index contributed by atoms with van der Waals surface area (Å²) in [5.41, 5.74) is 0.859. The number of nitro groups is 1. The molecule has 1 aliphatic heterocycles. The molecule has 0 spiro atoms. The second kappa shape index (κ2) is 7.20. The predicted molar refractivity (Wildman–Crippen MR) is 101 cm³/mol. The summed E-state index contributed by atoms with van der Waals surface area (Å²) in [5, 5.41) is 13.0. The molecule has 1 atom stereocenters. The molecular formula is C18H17N3O5S. The molecule has 1 aliphatic rings. The zero-order valence-corrected chi connectivity index (χ0v) is 15.7. The van der Waals surface area contributed by atoms with Gasteiger partial charge in [-0.15, -0.1) is 11.3 Å². The van der Waals surface area contributed by atoms with Gasteiger partial charge in [-0.25, -0.2) is 9.59 Å². The molecule has 1 aromatic heterocycles. The average molecular weight is 387 g/mol. The lowest BCUT2D eigenvalue weighted by molar-refractivity contribution is -0.384. The van der Waals surface area contributed by atoms with Gasteiger partial charge in [-0.3, -0.25) is 15.0 Å². The Labute approximate surface area is 159 Å². The number of nitro benzene ring substituents is 1. The normalized spacial score (nSPS) is 17.3. The minimum Gasteiger partial charge on any atom is -0.466 e. The molecule has 1 aromatic carbocycles. The van der Waals surface area contributed by atoms with Gasteiger partial charge in [0.25, 0.3) is 5.69 Å². The Morgan fingerprint density at radius 3 is 2.63 bits per heavy atom. The third-order valence-electron chi connectivity index (χ3n) is 4.40. The van der Waals surface area contributed by atoms with E-state index in [9.17, 15) is 19.7 Å². The molecule has 8 nitrogen and oxygen atoms in total. The average Bonchev–Trinajstić information content (AvgIpc) is 3.18. The van der Waals surface area contributed by atoms with Crippen molar-refractivity contribution in [1.82, 2.24) is 4.90 Å². The summed E-state index contributed by atoms with van der Waals surface area (Å²) in [6.45, 7) is 1.64. The number of benzene rings is 1. The Bertz CT molecular complexity index is 938. The second-order valence-corrected chi connectivity index (χ2v) is 6.89. The third-order valence-corrected chi connectivity index (χ3v) is 5.32. The highest BCUT2D eigenvalue weighted by molar-refractivity contribution is 7.10. The third kappa shape index (κ3) is 3.17. The number of likely N-dealkylation sites (N-methyl/N-ethyl adjacent to an activating group) is 1. The van der Waals surface area contributed by atoms with Crippen molar-refractivity contribution in [2.75, 3.05) is 19.1 Å². The van der Waals surface area contributed by atoms with E-state index in [0.717, 1.165) is 4.88 Å². The number of thiophene rings is 1. The minimum atomic E-state index is -0.583. The molecular weight excluding hydrogens is 370 g/mol. The molecule has 0 fully saturated rings. The number of anilines is 1. The minimum absolute atomic E-state index is 0.143. The SMILES string of the molecule is COC(=O)C1=C(C)N(c2cccc([N+](=O)[O-])c2)C(=O)N(C)[C@@H]1c1cccs1. The van der Waals surface area contributed by atoms with E-state index in [1.54, 1.807) is 20.0 Å². The van der Waals surface area contributed by atoms with Crippen LogP contribution in [0.2, 0.25) is 0 Å². The van der Waals surface area contributed by atoms with Crippen molar-refractivity contribution in [3.63, 3.8) is 0 Å². The van der Waals surface area contributed by atoms with Gasteiger partial charge in [0.1, 0.15) is 6.04 Å². The maximum Gasteiger partial charge on any atom is 0.338 e. The Morgan fingerprint density at radius 1 is 1.30 bits per heavy atom. The molecule has 0 N–H and O–H groups in total. The first-order valence-electron chi connectivity index (χ1n) is 8.00. The van der Waals surface area contributed by atoms with Crippen LogP contribution in [0.25, 0.3) is 0 Å². The number of carbonyl (C=O) groups excluding carboxylic acids is 2. The zero-order chi connectivity index (χ0) is 19.7. The van der Waals surface area contributed by atoms with Crippen LogP contribution in [0.5, 0.6) is 0 Å². The fraction of sp³-hybridized carbons (Fsp3) is 0.222. The Hall–Kier alpha value is -3.20. The Morgan fingerprint density at radius 2 is 2.04 bits per heavy atom. The Balaban J connectivity index is 2.20. The quantitative estimate of drug-likeness (QED) is 0.453. The van der Waals surface area contributed by atoms with Crippen LogP contribution in [0.4, 0.5) is 16.2 Å². The molecule has 0 unspecified atom stereocenters. The molecule has 0 radical (unpaired) electrons. The first kappa shape index (κ1) is 18.6. The second-order valence-electron chi connectivity index (χ2n) is 5.91. The molecule has 0 saturated heterocycles. The molecule has 2 aromatic rings. The number of rotatable bonds is 4. The van der Waals surface area contributed by atoms with Crippen LogP contribution in [0.1, 0.15) is 17.8 Å². The maximum absolute atomic E-state index is 13.1. The summed E-state index contributed by atoms with van der Waals surface area (Å²) >= 11 is 1.43. The van der Waals surface area contributed by atoms with Crippen LogP contribution in [0.3, 0.4) is 0 Å². The lowest BCUT2D eigenvalue weighted by Crippen LogP contribution is -2.49. The fourth-order valence-electron chi connectivity index (χ4n) is 3.12. The van der Waals surface area contributed by atoms with Crippen molar-refractivity contribution in [2.45, 2.75) is 13.0 Å². The van der Waals surface area contributed by atoms with E-state index in [-0.39, 0.29) is 11.7 Å². The lowest BCUT2D eigenvalue weighted by Gasteiger charge is -2.40. The molecule has 0 bridgehead atoms. The smallest absolute Gasteiger partial charge is 0.338 e. The number of hydrogen-bond acceptors (Lipinski definition) is 6. The largest absolute Gasteiger partial charge is 0.466 e. The zero-order valence-electron chi connectivity index (χ0n) is 14.9. The monoisotopic (exact) mass is 387 g/mol. The van der Waals surface area contributed by atoms with E-state index in [2.05, 4.69) is 0 Å². The number of non-ortho nitro benzene ring substituents is 1. The Kier molecular flexibility index (Phi) is 4.95. The topological polar surface area (TPSA) is 93.0 Å². The van der Waals surface area contributed by atoms with Crippen LogP contribution < -0.4 is 4.90 Å². The van der Waals surface area contributed by atoms with Crippen LogP contribution in [-0.2, 0) is 9.53 Å².